The largest absolute Gasteiger partial charge is 2.00 e. The van der Waals surface area contributed by atoms with Crippen molar-refractivity contribution in [1.82, 2.24) is 10.2 Å². The summed E-state index contributed by atoms with van der Waals surface area (Å²) < 4.78 is 0. The predicted octanol–water partition coefficient (Wildman–Crippen LogP) is -3.58. The summed E-state index contributed by atoms with van der Waals surface area (Å²) in [5.74, 6) is 0. The van der Waals surface area contributed by atoms with Crippen LogP contribution in [0.25, 0.3) is 0 Å². The van der Waals surface area contributed by atoms with E-state index in [1.54, 1.807) is 30.5 Å². The normalized spacial score (nSPS) is 16.7. The summed E-state index contributed by atoms with van der Waals surface area (Å²) in [5.41, 5.74) is -4.29. The van der Waals surface area contributed by atoms with Crippen LogP contribution in [0.5, 0.6) is 0 Å². The maximum atomic E-state index is 9.00. The molecule has 1 N–H and O–H groups in total. The first kappa shape index (κ1) is 18.7. The number of nitrogens with zero attached hydrogens (tertiary/aromatic N) is 6. The Balaban J connectivity index is 0. The fourth-order valence-corrected chi connectivity index (χ4v) is 1.29. The van der Waals surface area contributed by atoms with Gasteiger partial charge in [-0.25, -0.2) is 4.90 Å². The molecular weight excluding hydrogens is 285 g/mol. The molecule has 0 aliphatic carbocycles. The Kier molecular flexibility index (Phi) is 7.16. The third-order valence-electron chi connectivity index (χ3n) is 2.19. The van der Waals surface area contributed by atoms with Crippen LogP contribution in [0.4, 0.5) is 0 Å². The van der Waals surface area contributed by atoms with Gasteiger partial charge in [-0.1, -0.05) is 0 Å². The van der Waals surface area contributed by atoms with E-state index in [4.69, 9.17) is 26.3 Å². The SMILES string of the molecule is N#CN1C=CNC(C#N)(C#N)C1(C#N)C#N.[Fe+2].[Na+]. The smallest absolute Gasteiger partial charge is 0.357 e. The van der Waals surface area contributed by atoms with Gasteiger partial charge in [0.2, 0.25) is 0 Å². The van der Waals surface area contributed by atoms with Gasteiger partial charge in [0.1, 0.15) is 24.3 Å². The molecule has 80 valence electrons. The molecule has 0 aromatic heterocycles. The molecule has 9 heteroatoms. The molecule has 0 aromatic rings. The third kappa shape index (κ3) is 2.15. The van der Waals surface area contributed by atoms with E-state index in [1.165, 1.54) is 6.20 Å². The minimum absolute atomic E-state index is 0. The fraction of sp³-hybridized carbons (Fsp3) is 0.222. The number of hydrogen-bond acceptors (Lipinski definition) is 7. The van der Waals surface area contributed by atoms with Crippen molar-refractivity contribution < 1.29 is 46.6 Å². The Labute approximate surface area is 136 Å². The van der Waals surface area contributed by atoms with Crippen LogP contribution in [-0.2, 0) is 17.1 Å². The van der Waals surface area contributed by atoms with Crippen LogP contribution >= 0.6 is 0 Å². The zero-order valence-corrected chi connectivity index (χ0v) is 12.3. The van der Waals surface area contributed by atoms with Gasteiger partial charge in [-0.15, -0.1) is 0 Å². The molecule has 1 aliphatic heterocycles. The van der Waals surface area contributed by atoms with Crippen LogP contribution in [0.1, 0.15) is 0 Å². The van der Waals surface area contributed by atoms with Crippen molar-refractivity contribution in [2.24, 2.45) is 0 Å². The molecule has 0 unspecified atom stereocenters. The molecule has 0 radical (unpaired) electrons. The number of nitrogens with one attached hydrogen (secondary N) is 1. The molecule has 0 amide bonds. The molecule has 1 rings (SSSR count). The predicted molar refractivity (Wildman–Crippen MR) is 47.6 cm³/mol. The van der Waals surface area contributed by atoms with Crippen LogP contribution in [0, 0.1) is 56.8 Å². The van der Waals surface area contributed by atoms with E-state index >= 15 is 0 Å². The minimum atomic E-state index is -2.19. The Morgan fingerprint density at radius 1 is 0.944 bits per heavy atom. The Morgan fingerprint density at radius 2 is 1.44 bits per heavy atom. The van der Waals surface area contributed by atoms with Crippen LogP contribution < -0.4 is 34.9 Å². The summed E-state index contributed by atoms with van der Waals surface area (Å²) in [6.45, 7) is 0. The van der Waals surface area contributed by atoms with E-state index in [-0.39, 0.29) is 46.6 Å². The molecule has 0 fully saturated rings. The van der Waals surface area contributed by atoms with Gasteiger partial charge in [0.15, 0.2) is 6.19 Å². The van der Waals surface area contributed by atoms with Crippen molar-refractivity contribution in [1.29, 1.82) is 26.3 Å². The van der Waals surface area contributed by atoms with Gasteiger partial charge in [0.25, 0.3) is 11.1 Å². The van der Waals surface area contributed by atoms with Crippen molar-refractivity contribution in [3.8, 4) is 30.5 Å². The van der Waals surface area contributed by atoms with Crippen LogP contribution in [0.2, 0.25) is 0 Å². The summed E-state index contributed by atoms with van der Waals surface area (Å²) in [6, 6.07) is 6.21. The monoisotopic (exact) mass is 288 g/mol. The second kappa shape index (κ2) is 6.90. The zero-order valence-electron chi connectivity index (χ0n) is 9.19. The number of rotatable bonds is 0. The van der Waals surface area contributed by atoms with E-state index in [1.807, 2.05) is 0 Å². The molecule has 7 nitrogen and oxygen atoms in total. The summed E-state index contributed by atoms with van der Waals surface area (Å²) in [5, 5.41) is 47.0. The second-order valence-electron chi connectivity index (χ2n) is 2.84. The molecule has 1 aliphatic rings. The van der Waals surface area contributed by atoms with E-state index < -0.39 is 11.1 Å². The average molecular weight is 288 g/mol. The average Bonchev–Trinajstić information content (AvgIpc) is 2.37. The van der Waals surface area contributed by atoms with Crippen molar-refractivity contribution in [3.05, 3.63) is 12.4 Å². The van der Waals surface area contributed by atoms with Gasteiger partial charge in [0, 0.05) is 12.4 Å². The molecule has 1 heterocycles. The molecule has 0 saturated heterocycles. The van der Waals surface area contributed by atoms with Gasteiger partial charge >= 0.3 is 46.6 Å². The summed E-state index contributed by atoms with van der Waals surface area (Å²) >= 11 is 0. The van der Waals surface area contributed by atoms with E-state index in [2.05, 4.69) is 5.32 Å². The van der Waals surface area contributed by atoms with Gasteiger partial charge in [-0.05, 0) is 0 Å². The van der Waals surface area contributed by atoms with Crippen molar-refractivity contribution in [2.45, 2.75) is 11.1 Å². The first-order chi connectivity index (χ1) is 7.66. The van der Waals surface area contributed by atoms with Gasteiger partial charge in [-0.3, -0.25) is 0 Å². The Morgan fingerprint density at radius 3 is 1.78 bits per heavy atom. The van der Waals surface area contributed by atoms with Gasteiger partial charge in [-0.2, -0.15) is 26.3 Å². The van der Waals surface area contributed by atoms with E-state index in [0.29, 0.717) is 4.90 Å². The van der Waals surface area contributed by atoms with Crippen LogP contribution in [-0.4, -0.2) is 16.0 Å². The number of nitriles is 5. The van der Waals surface area contributed by atoms with Gasteiger partial charge in [0.05, 0.1) is 0 Å². The molecule has 18 heavy (non-hydrogen) atoms. The maximum Gasteiger partial charge on any atom is 2.00 e. The molecule has 0 bridgehead atoms. The zero-order chi connectivity index (χ0) is 12.2. The van der Waals surface area contributed by atoms with Crippen LogP contribution in [0.15, 0.2) is 12.4 Å². The summed E-state index contributed by atoms with van der Waals surface area (Å²) in [6.07, 6.45) is 3.87. The Hall–Kier alpha value is -1.69. The number of hydrogen-bond donors (Lipinski definition) is 1. The molecule has 0 saturated carbocycles. The third-order valence-corrected chi connectivity index (χ3v) is 2.19. The molecule has 0 aromatic carbocycles. The molecule has 0 spiro atoms. The van der Waals surface area contributed by atoms with E-state index in [0.717, 1.165) is 6.20 Å². The van der Waals surface area contributed by atoms with E-state index in [9.17, 15) is 0 Å². The Bertz CT molecular complexity index is 522. The second-order valence-corrected chi connectivity index (χ2v) is 2.84. The van der Waals surface area contributed by atoms with Crippen molar-refractivity contribution >= 4 is 0 Å². The van der Waals surface area contributed by atoms with Gasteiger partial charge < -0.3 is 5.32 Å². The first-order valence-corrected chi connectivity index (χ1v) is 3.95. The van der Waals surface area contributed by atoms with Crippen molar-refractivity contribution in [3.63, 3.8) is 0 Å². The minimum Gasteiger partial charge on any atom is -0.357 e. The standard InChI is InChI=1S/C9H3N7.Fe.Na/c10-3-8(4-11)9(5-12,6-13)16(7-14)2-1-15-8;;/h1-2,15H;;/q;+2;+1. The summed E-state index contributed by atoms with van der Waals surface area (Å²) in [7, 11) is 0. The first-order valence-electron chi connectivity index (χ1n) is 3.95. The molecule has 0 atom stereocenters. The fourth-order valence-electron chi connectivity index (χ4n) is 1.29. The topological polar surface area (TPSA) is 134 Å². The summed E-state index contributed by atoms with van der Waals surface area (Å²) in [4.78, 5) is 0.677. The molecular formula is C9H3FeN7Na+3. The quantitative estimate of drug-likeness (QED) is 0.359. The van der Waals surface area contributed by atoms with Crippen LogP contribution in [0.3, 0.4) is 0 Å². The van der Waals surface area contributed by atoms with Crippen molar-refractivity contribution in [2.75, 3.05) is 0 Å². The maximum absolute atomic E-state index is 9.00.